The fourth-order valence-electron chi connectivity index (χ4n) is 1.13. The lowest BCUT2D eigenvalue weighted by molar-refractivity contribution is 0.580. The zero-order valence-corrected chi connectivity index (χ0v) is 9.23. The van der Waals surface area contributed by atoms with Crippen molar-refractivity contribution >= 4 is 15.9 Å². The molecule has 0 amide bonds. The van der Waals surface area contributed by atoms with Crippen molar-refractivity contribution in [3.63, 3.8) is 0 Å². The molecule has 3 heteroatoms. The number of halogens is 3. The second kappa shape index (κ2) is 5.91. The Morgan fingerprint density at radius 1 is 1.07 bits per heavy atom. The Morgan fingerprint density at radius 3 is 2.29 bits per heavy atom. The molecule has 0 spiro atoms. The molecule has 0 radical (unpaired) electrons. The minimum atomic E-state index is -0.520. The molecular formula is C11H11BrF2. The van der Waals surface area contributed by atoms with E-state index in [0.29, 0.717) is 12.0 Å². The normalized spacial score (nSPS) is 11.1. The second-order valence-corrected chi connectivity index (χ2v) is 3.72. The monoisotopic (exact) mass is 260 g/mol. The average Bonchev–Trinajstić information content (AvgIpc) is 2.11. The molecule has 1 rings (SSSR count). The molecule has 0 nitrogen and oxygen atoms in total. The lowest BCUT2D eigenvalue weighted by Gasteiger charge is -1.97. The van der Waals surface area contributed by atoms with Gasteiger partial charge in [-0.1, -0.05) is 28.1 Å². The third-order valence-electron chi connectivity index (χ3n) is 1.72. The molecule has 0 saturated heterocycles. The molecule has 1 aromatic carbocycles. The van der Waals surface area contributed by atoms with Crippen LogP contribution in [0.4, 0.5) is 8.78 Å². The maximum Gasteiger partial charge on any atom is 0.126 e. The van der Waals surface area contributed by atoms with Gasteiger partial charge in [-0.2, -0.15) is 0 Å². The molecule has 76 valence electrons. The first-order valence-corrected chi connectivity index (χ1v) is 5.50. The smallest absolute Gasteiger partial charge is 0.126 e. The van der Waals surface area contributed by atoms with Gasteiger partial charge in [-0.3, -0.25) is 0 Å². The molecular weight excluding hydrogens is 250 g/mol. The third-order valence-corrected chi connectivity index (χ3v) is 2.18. The molecule has 0 heterocycles. The highest BCUT2D eigenvalue weighted by molar-refractivity contribution is 9.09. The first-order valence-electron chi connectivity index (χ1n) is 4.38. The molecule has 0 fully saturated rings. The molecule has 14 heavy (non-hydrogen) atoms. The van der Waals surface area contributed by atoms with Crippen LogP contribution in [-0.4, -0.2) is 5.33 Å². The summed E-state index contributed by atoms with van der Waals surface area (Å²) in [5, 5.41) is 0.904. The standard InChI is InChI=1S/C11H11BrF2/c12-5-3-1-2-4-9-6-10(13)8-11(14)7-9/h1-2,6-8H,3-5H2/b2-1+. The lowest BCUT2D eigenvalue weighted by atomic mass is 10.1. The summed E-state index contributed by atoms with van der Waals surface area (Å²) in [7, 11) is 0. The third kappa shape index (κ3) is 4.01. The second-order valence-electron chi connectivity index (χ2n) is 2.93. The number of allylic oxidation sites excluding steroid dienone is 2. The van der Waals surface area contributed by atoms with E-state index in [0.717, 1.165) is 17.8 Å². The quantitative estimate of drug-likeness (QED) is 0.570. The van der Waals surface area contributed by atoms with E-state index in [1.54, 1.807) is 0 Å². The van der Waals surface area contributed by atoms with Crippen LogP contribution in [0.5, 0.6) is 0 Å². The van der Waals surface area contributed by atoms with Crippen LogP contribution in [-0.2, 0) is 6.42 Å². The van der Waals surface area contributed by atoms with Crippen molar-refractivity contribution in [2.75, 3.05) is 5.33 Å². The van der Waals surface area contributed by atoms with E-state index >= 15 is 0 Å². The van der Waals surface area contributed by atoms with Crippen molar-refractivity contribution in [1.29, 1.82) is 0 Å². The molecule has 0 saturated carbocycles. The van der Waals surface area contributed by atoms with Crippen LogP contribution >= 0.6 is 15.9 Å². The first kappa shape index (κ1) is 11.4. The Hall–Kier alpha value is -0.700. The largest absolute Gasteiger partial charge is 0.207 e. The van der Waals surface area contributed by atoms with Crippen molar-refractivity contribution in [3.8, 4) is 0 Å². The number of rotatable bonds is 4. The molecule has 0 aromatic heterocycles. The summed E-state index contributed by atoms with van der Waals surface area (Å²) in [5.41, 5.74) is 0.660. The maximum absolute atomic E-state index is 12.7. The highest BCUT2D eigenvalue weighted by atomic mass is 79.9. The predicted octanol–water partition coefficient (Wildman–Crippen LogP) is 3.85. The summed E-state index contributed by atoms with van der Waals surface area (Å²) < 4.78 is 25.5. The SMILES string of the molecule is Fc1cc(F)cc(C/C=C/CCBr)c1. The van der Waals surface area contributed by atoms with Gasteiger partial charge in [0.2, 0.25) is 0 Å². The van der Waals surface area contributed by atoms with Gasteiger partial charge < -0.3 is 0 Å². The summed E-state index contributed by atoms with van der Waals surface area (Å²) in [4.78, 5) is 0. The van der Waals surface area contributed by atoms with Gasteiger partial charge >= 0.3 is 0 Å². The summed E-state index contributed by atoms with van der Waals surface area (Å²) in [6.07, 6.45) is 5.40. The van der Waals surface area contributed by atoms with Crippen LogP contribution in [0.1, 0.15) is 12.0 Å². The van der Waals surface area contributed by atoms with E-state index in [4.69, 9.17) is 0 Å². The van der Waals surface area contributed by atoms with Crippen LogP contribution in [0, 0.1) is 11.6 Å². The van der Waals surface area contributed by atoms with E-state index in [9.17, 15) is 8.78 Å². The predicted molar refractivity (Wildman–Crippen MR) is 57.6 cm³/mol. The number of hydrogen-bond acceptors (Lipinski definition) is 0. The molecule has 0 atom stereocenters. The fourth-order valence-corrected chi connectivity index (χ4v) is 1.39. The highest BCUT2D eigenvalue weighted by Gasteiger charge is 1.98. The minimum absolute atomic E-state index is 0.520. The Kier molecular flexibility index (Phi) is 4.80. The zero-order chi connectivity index (χ0) is 10.4. The van der Waals surface area contributed by atoms with Gasteiger partial charge in [0.1, 0.15) is 11.6 Å². The molecule has 0 unspecified atom stereocenters. The Morgan fingerprint density at radius 2 is 1.71 bits per heavy atom. The van der Waals surface area contributed by atoms with Crippen molar-refractivity contribution in [1.82, 2.24) is 0 Å². The van der Waals surface area contributed by atoms with E-state index < -0.39 is 11.6 Å². The summed E-state index contributed by atoms with van der Waals surface area (Å²) in [6, 6.07) is 3.58. The minimum Gasteiger partial charge on any atom is -0.207 e. The van der Waals surface area contributed by atoms with E-state index in [1.165, 1.54) is 12.1 Å². The first-order chi connectivity index (χ1) is 6.72. The summed E-state index contributed by atoms with van der Waals surface area (Å²) >= 11 is 3.29. The van der Waals surface area contributed by atoms with Crippen molar-refractivity contribution in [2.24, 2.45) is 0 Å². The van der Waals surface area contributed by atoms with E-state index in [2.05, 4.69) is 15.9 Å². The van der Waals surface area contributed by atoms with E-state index in [1.807, 2.05) is 12.2 Å². The van der Waals surface area contributed by atoms with Crippen LogP contribution in [0.3, 0.4) is 0 Å². The summed E-state index contributed by atoms with van der Waals surface area (Å²) in [5.74, 6) is -1.04. The molecule has 0 aliphatic rings. The van der Waals surface area contributed by atoms with Gasteiger partial charge in [0.05, 0.1) is 0 Å². The molecule has 0 bridgehead atoms. The Labute approximate surface area is 90.8 Å². The molecule has 0 aliphatic carbocycles. The van der Waals surface area contributed by atoms with Crippen molar-refractivity contribution in [3.05, 3.63) is 47.5 Å². The molecule has 1 aromatic rings. The zero-order valence-electron chi connectivity index (χ0n) is 7.64. The lowest BCUT2D eigenvalue weighted by Crippen LogP contribution is -1.86. The van der Waals surface area contributed by atoms with Crippen LogP contribution < -0.4 is 0 Å². The molecule has 0 aliphatic heterocycles. The van der Waals surface area contributed by atoms with Gasteiger partial charge in [0.25, 0.3) is 0 Å². The topological polar surface area (TPSA) is 0 Å². The van der Waals surface area contributed by atoms with Crippen LogP contribution in [0.2, 0.25) is 0 Å². The van der Waals surface area contributed by atoms with Crippen molar-refractivity contribution < 1.29 is 8.78 Å². The van der Waals surface area contributed by atoms with Gasteiger partial charge in [-0.25, -0.2) is 8.78 Å². The molecule has 0 N–H and O–H groups in total. The van der Waals surface area contributed by atoms with Gasteiger partial charge in [-0.05, 0) is 30.5 Å². The average molecular weight is 261 g/mol. The highest BCUT2D eigenvalue weighted by Crippen LogP contribution is 2.09. The van der Waals surface area contributed by atoms with Crippen molar-refractivity contribution in [2.45, 2.75) is 12.8 Å². The number of hydrogen-bond donors (Lipinski definition) is 0. The maximum atomic E-state index is 12.7. The van der Waals surface area contributed by atoms with E-state index in [-0.39, 0.29) is 0 Å². The number of alkyl halides is 1. The number of benzene rings is 1. The van der Waals surface area contributed by atoms with Gasteiger partial charge in [0, 0.05) is 11.4 Å². The Bertz CT molecular complexity index is 301. The van der Waals surface area contributed by atoms with Gasteiger partial charge in [0.15, 0.2) is 0 Å². The van der Waals surface area contributed by atoms with Crippen LogP contribution in [0.25, 0.3) is 0 Å². The Balaban J connectivity index is 2.58. The van der Waals surface area contributed by atoms with Crippen LogP contribution in [0.15, 0.2) is 30.4 Å². The summed E-state index contributed by atoms with van der Waals surface area (Å²) in [6.45, 7) is 0. The fraction of sp³-hybridized carbons (Fsp3) is 0.273. The van der Waals surface area contributed by atoms with Gasteiger partial charge in [-0.15, -0.1) is 0 Å².